The van der Waals surface area contributed by atoms with E-state index >= 15 is 0 Å². The van der Waals surface area contributed by atoms with E-state index in [1.165, 1.54) is 4.90 Å². The number of likely N-dealkylation sites (N-methyl/N-ethyl adjacent to an activating group) is 1. The maximum atomic E-state index is 13.4. The van der Waals surface area contributed by atoms with Crippen molar-refractivity contribution in [3.63, 3.8) is 0 Å². The molecule has 28 heavy (non-hydrogen) atoms. The minimum absolute atomic E-state index is 0.277. The summed E-state index contributed by atoms with van der Waals surface area (Å²) < 4.78 is 5.70. The first-order chi connectivity index (χ1) is 13.4. The minimum Gasteiger partial charge on any atom is -0.493 e. The average molecular weight is 380 g/mol. The lowest BCUT2D eigenvalue weighted by Gasteiger charge is -2.32. The summed E-state index contributed by atoms with van der Waals surface area (Å²) in [5.41, 5.74) is -0.143. The fourth-order valence-electron chi connectivity index (χ4n) is 3.66. The van der Waals surface area contributed by atoms with Crippen molar-refractivity contribution in [3.05, 3.63) is 65.7 Å². The van der Waals surface area contributed by atoms with Gasteiger partial charge in [0.15, 0.2) is 5.78 Å². The van der Waals surface area contributed by atoms with Crippen LogP contribution in [-0.4, -0.2) is 47.2 Å². The summed E-state index contributed by atoms with van der Waals surface area (Å²) in [7, 11) is 0. The van der Waals surface area contributed by atoms with Crippen LogP contribution < -0.4 is 4.74 Å². The second-order valence-corrected chi connectivity index (χ2v) is 6.71. The number of benzene rings is 2. The van der Waals surface area contributed by atoms with Crippen LogP contribution in [0.4, 0.5) is 4.79 Å². The van der Waals surface area contributed by atoms with E-state index in [-0.39, 0.29) is 12.3 Å². The minimum atomic E-state index is -1.23. The standard InChI is InChI=1S/C22H24N2O4/c1-4-24-21(27)23(15-18(25)16-11-7-6-8-12-16)20(26)22(24,3)17-13-9-10-14-19(17)28-5-2/h6-14H,4-5,15H2,1-3H3. The summed E-state index contributed by atoms with van der Waals surface area (Å²) in [6, 6.07) is 15.4. The van der Waals surface area contributed by atoms with Gasteiger partial charge in [0.05, 0.1) is 13.2 Å². The summed E-state index contributed by atoms with van der Waals surface area (Å²) >= 11 is 0. The van der Waals surface area contributed by atoms with Crippen molar-refractivity contribution < 1.29 is 19.1 Å². The van der Waals surface area contributed by atoms with Crippen molar-refractivity contribution >= 4 is 17.7 Å². The number of hydrogen-bond donors (Lipinski definition) is 0. The van der Waals surface area contributed by atoms with E-state index in [9.17, 15) is 14.4 Å². The molecule has 2 aromatic carbocycles. The molecule has 3 rings (SSSR count). The van der Waals surface area contributed by atoms with Gasteiger partial charge >= 0.3 is 6.03 Å². The molecular formula is C22H24N2O4. The highest BCUT2D eigenvalue weighted by molar-refractivity contribution is 6.11. The molecule has 0 N–H and O–H groups in total. The van der Waals surface area contributed by atoms with Crippen molar-refractivity contribution in [2.75, 3.05) is 19.7 Å². The number of ether oxygens (including phenoxy) is 1. The van der Waals surface area contributed by atoms with E-state index in [1.807, 2.05) is 32.0 Å². The Labute approximate surface area is 164 Å². The number of nitrogens with zero attached hydrogens (tertiary/aromatic N) is 2. The summed E-state index contributed by atoms with van der Waals surface area (Å²) in [5, 5.41) is 0. The molecule has 1 aliphatic rings. The Balaban J connectivity index is 1.98. The van der Waals surface area contributed by atoms with Crippen molar-refractivity contribution in [2.45, 2.75) is 26.3 Å². The Hall–Kier alpha value is -3.15. The number of Topliss-reactive ketones (excluding diaryl/α,β-unsaturated/α-hetero) is 1. The Kier molecular flexibility index (Phi) is 5.49. The van der Waals surface area contributed by atoms with Gasteiger partial charge in [-0.3, -0.25) is 14.5 Å². The SMILES string of the molecule is CCOc1ccccc1C1(C)C(=O)N(CC(=O)c2ccccc2)C(=O)N1CC. The van der Waals surface area contributed by atoms with Crippen LogP contribution in [0.3, 0.4) is 0 Å². The van der Waals surface area contributed by atoms with Crippen LogP contribution in [0.1, 0.15) is 36.7 Å². The first-order valence-corrected chi connectivity index (χ1v) is 9.39. The van der Waals surface area contributed by atoms with Gasteiger partial charge in [0.25, 0.3) is 5.91 Å². The number of imide groups is 1. The third kappa shape index (κ3) is 3.15. The monoisotopic (exact) mass is 380 g/mol. The maximum Gasteiger partial charge on any atom is 0.328 e. The summed E-state index contributed by atoms with van der Waals surface area (Å²) in [5.74, 6) is -0.139. The highest BCUT2D eigenvalue weighted by atomic mass is 16.5. The molecule has 3 amide bonds. The summed E-state index contributed by atoms with van der Waals surface area (Å²) in [6.45, 7) is 5.87. The van der Waals surface area contributed by atoms with Crippen LogP contribution in [0.25, 0.3) is 0 Å². The molecule has 0 aliphatic carbocycles. The lowest BCUT2D eigenvalue weighted by atomic mass is 9.89. The lowest BCUT2D eigenvalue weighted by molar-refractivity contribution is -0.132. The molecule has 6 nitrogen and oxygen atoms in total. The van der Waals surface area contributed by atoms with Crippen LogP contribution in [0.15, 0.2) is 54.6 Å². The van der Waals surface area contributed by atoms with E-state index in [4.69, 9.17) is 4.74 Å². The first kappa shape index (κ1) is 19.6. The van der Waals surface area contributed by atoms with E-state index in [1.54, 1.807) is 43.3 Å². The smallest absolute Gasteiger partial charge is 0.328 e. The zero-order valence-corrected chi connectivity index (χ0v) is 16.3. The van der Waals surface area contributed by atoms with Crippen LogP contribution in [0.2, 0.25) is 0 Å². The van der Waals surface area contributed by atoms with Gasteiger partial charge in [-0.15, -0.1) is 0 Å². The quantitative estimate of drug-likeness (QED) is 0.545. The van der Waals surface area contributed by atoms with E-state index < -0.39 is 17.5 Å². The van der Waals surface area contributed by atoms with Crippen LogP contribution in [0.5, 0.6) is 5.75 Å². The largest absolute Gasteiger partial charge is 0.493 e. The number of para-hydroxylation sites is 1. The molecule has 1 aliphatic heterocycles. The Morgan fingerprint density at radius 1 is 1.00 bits per heavy atom. The number of amides is 3. The first-order valence-electron chi connectivity index (χ1n) is 9.39. The highest BCUT2D eigenvalue weighted by Gasteiger charge is 2.56. The molecule has 0 radical (unpaired) electrons. The Bertz CT molecular complexity index is 896. The number of carbonyl (C=O) groups excluding carboxylic acids is 3. The van der Waals surface area contributed by atoms with Gasteiger partial charge in [-0.1, -0.05) is 48.5 Å². The van der Waals surface area contributed by atoms with Crippen molar-refractivity contribution in [2.24, 2.45) is 0 Å². The highest BCUT2D eigenvalue weighted by Crippen LogP contribution is 2.41. The predicted molar refractivity (Wildman–Crippen MR) is 105 cm³/mol. The normalized spacial score (nSPS) is 19.2. The second-order valence-electron chi connectivity index (χ2n) is 6.71. The van der Waals surface area contributed by atoms with Crippen molar-refractivity contribution in [1.82, 2.24) is 9.80 Å². The zero-order valence-electron chi connectivity index (χ0n) is 16.3. The molecule has 1 unspecified atom stereocenters. The summed E-state index contributed by atoms with van der Waals surface area (Å²) in [4.78, 5) is 41.5. The van der Waals surface area contributed by atoms with E-state index in [2.05, 4.69) is 0 Å². The van der Waals surface area contributed by atoms with Crippen LogP contribution >= 0.6 is 0 Å². The van der Waals surface area contributed by atoms with Gasteiger partial charge in [-0.05, 0) is 26.8 Å². The Morgan fingerprint density at radius 2 is 1.64 bits per heavy atom. The maximum absolute atomic E-state index is 13.4. The molecule has 1 atom stereocenters. The third-order valence-corrected chi connectivity index (χ3v) is 5.09. The number of rotatable bonds is 7. The number of hydrogen-bond acceptors (Lipinski definition) is 4. The van der Waals surface area contributed by atoms with Crippen molar-refractivity contribution in [1.29, 1.82) is 0 Å². The van der Waals surface area contributed by atoms with Crippen molar-refractivity contribution in [3.8, 4) is 5.75 Å². The van der Waals surface area contributed by atoms with Crippen LogP contribution in [0, 0.1) is 0 Å². The molecule has 0 bridgehead atoms. The molecule has 2 aromatic rings. The Morgan fingerprint density at radius 3 is 2.29 bits per heavy atom. The predicted octanol–water partition coefficient (Wildman–Crippen LogP) is 3.47. The molecule has 146 valence electrons. The molecule has 1 heterocycles. The topological polar surface area (TPSA) is 66.9 Å². The van der Waals surface area contributed by atoms with Gasteiger partial charge in [-0.25, -0.2) is 4.79 Å². The fourth-order valence-corrected chi connectivity index (χ4v) is 3.66. The number of carbonyl (C=O) groups is 3. The third-order valence-electron chi connectivity index (χ3n) is 5.09. The fraction of sp³-hybridized carbons (Fsp3) is 0.318. The van der Waals surface area contributed by atoms with Gasteiger partial charge in [0.2, 0.25) is 0 Å². The summed E-state index contributed by atoms with van der Waals surface area (Å²) in [6.07, 6.45) is 0. The van der Waals surface area contributed by atoms with E-state index in [0.717, 1.165) is 4.90 Å². The van der Waals surface area contributed by atoms with Crippen LogP contribution in [-0.2, 0) is 10.3 Å². The average Bonchev–Trinajstić information content (AvgIpc) is 2.90. The van der Waals surface area contributed by atoms with Gasteiger partial charge in [0.1, 0.15) is 11.3 Å². The molecule has 1 fully saturated rings. The number of urea groups is 1. The molecular weight excluding hydrogens is 356 g/mol. The zero-order chi connectivity index (χ0) is 20.3. The molecule has 0 aromatic heterocycles. The van der Waals surface area contributed by atoms with Gasteiger partial charge in [0, 0.05) is 17.7 Å². The second kappa shape index (κ2) is 7.84. The van der Waals surface area contributed by atoms with Gasteiger partial charge in [-0.2, -0.15) is 0 Å². The molecule has 0 spiro atoms. The number of ketones is 1. The van der Waals surface area contributed by atoms with E-state index in [0.29, 0.717) is 30.0 Å². The molecule has 0 saturated carbocycles. The van der Waals surface area contributed by atoms with Gasteiger partial charge < -0.3 is 9.64 Å². The lowest BCUT2D eigenvalue weighted by Crippen LogP contribution is -2.44. The molecule has 6 heteroatoms. The molecule has 1 saturated heterocycles.